The van der Waals surface area contributed by atoms with Crippen molar-refractivity contribution in [3.63, 3.8) is 0 Å². The first kappa shape index (κ1) is 14.8. The zero-order valence-electron chi connectivity index (χ0n) is 12.7. The predicted octanol–water partition coefficient (Wildman–Crippen LogP) is 2.24. The lowest BCUT2D eigenvalue weighted by Gasteiger charge is -2.08. The SMILES string of the molecule is CNC(=O)c1cccc(NCc2ccc(-n3cccn3)cc2)n1. The van der Waals surface area contributed by atoms with Gasteiger partial charge in [0.1, 0.15) is 11.5 Å². The zero-order chi connectivity index (χ0) is 16.1. The van der Waals surface area contributed by atoms with Crippen LogP contribution < -0.4 is 10.6 Å². The van der Waals surface area contributed by atoms with Gasteiger partial charge in [-0.15, -0.1) is 0 Å². The van der Waals surface area contributed by atoms with E-state index in [4.69, 9.17) is 0 Å². The number of nitrogens with one attached hydrogen (secondary N) is 2. The Labute approximate surface area is 134 Å². The van der Waals surface area contributed by atoms with E-state index in [0.29, 0.717) is 18.1 Å². The number of pyridine rings is 1. The van der Waals surface area contributed by atoms with E-state index in [1.807, 2.05) is 47.3 Å². The first-order valence-corrected chi connectivity index (χ1v) is 7.28. The van der Waals surface area contributed by atoms with Crippen LogP contribution in [0.5, 0.6) is 0 Å². The second-order valence-corrected chi connectivity index (χ2v) is 4.96. The molecule has 2 N–H and O–H groups in total. The van der Waals surface area contributed by atoms with Crippen LogP contribution in [-0.4, -0.2) is 27.7 Å². The Hall–Kier alpha value is -3.15. The number of nitrogens with zero attached hydrogens (tertiary/aromatic N) is 3. The van der Waals surface area contributed by atoms with E-state index in [-0.39, 0.29) is 5.91 Å². The van der Waals surface area contributed by atoms with E-state index in [1.165, 1.54) is 0 Å². The number of hydrogen-bond acceptors (Lipinski definition) is 4. The van der Waals surface area contributed by atoms with Gasteiger partial charge in [0.15, 0.2) is 0 Å². The summed E-state index contributed by atoms with van der Waals surface area (Å²) < 4.78 is 1.81. The topological polar surface area (TPSA) is 71.8 Å². The Bertz CT molecular complexity index is 781. The molecule has 6 heteroatoms. The van der Waals surface area contributed by atoms with Crippen LogP contribution in [0.25, 0.3) is 5.69 Å². The number of aromatic nitrogens is 3. The maximum atomic E-state index is 11.6. The maximum absolute atomic E-state index is 11.6. The van der Waals surface area contributed by atoms with Crippen LogP contribution in [0.15, 0.2) is 60.9 Å². The molecule has 0 spiro atoms. The summed E-state index contributed by atoms with van der Waals surface area (Å²) in [4.78, 5) is 15.9. The highest BCUT2D eigenvalue weighted by Gasteiger charge is 2.05. The van der Waals surface area contributed by atoms with E-state index >= 15 is 0 Å². The molecule has 0 fully saturated rings. The van der Waals surface area contributed by atoms with E-state index in [2.05, 4.69) is 20.7 Å². The van der Waals surface area contributed by atoms with Crippen molar-refractivity contribution in [1.82, 2.24) is 20.1 Å². The van der Waals surface area contributed by atoms with Crippen molar-refractivity contribution in [3.8, 4) is 5.69 Å². The van der Waals surface area contributed by atoms with Crippen molar-refractivity contribution < 1.29 is 4.79 Å². The van der Waals surface area contributed by atoms with Crippen molar-refractivity contribution in [2.24, 2.45) is 0 Å². The highest BCUT2D eigenvalue weighted by atomic mass is 16.1. The third-order valence-electron chi connectivity index (χ3n) is 3.39. The van der Waals surface area contributed by atoms with E-state index in [0.717, 1.165) is 11.3 Å². The molecule has 6 nitrogen and oxygen atoms in total. The number of carbonyl (C=O) groups excluding carboxylic acids is 1. The second kappa shape index (κ2) is 6.74. The smallest absolute Gasteiger partial charge is 0.269 e. The molecule has 0 unspecified atom stereocenters. The predicted molar refractivity (Wildman–Crippen MR) is 88.5 cm³/mol. The lowest BCUT2D eigenvalue weighted by molar-refractivity contribution is 0.0958. The van der Waals surface area contributed by atoms with E-state index in [1.54, 1.807) is 25.4 Å². The Kier molecular flexibility index (Phi) is 4.33. The molecule has 0 aliphatic rings. The summed E-state index contributed by atoms with van der Waals surface area (Å²) in [5.74, 6) is 0.472. The van der Waals surface area contributed by atoms with Crippen LogP contribution in [0.4, 0.5) is 5.82 Å². The molecule has 116 valence electrons. The van der Waals surface area contributed by atoms with Gasteiger partial charge >= 0.3 is 0 Å². The van der Waals surface area contributed by atoms with Gasteiger partial charge in [-0.3, -0.25) is 4.79 Å². The van der Waals surface area contributed by atoms with Crippen LogP contribution in [0.3, 0.4) is 0 Å². The van der Waals surface area contributed by atoms with Gasteiger partial charge in [-0.2, -0.15) is 5.10 Å². The number of rotatable bonds is 5. The fourth-order valence-electron chi connectivity index (χ4n) is 2.17. The lowest BCUT2D eigenvalue weighted by atomic mass is 10.2. The Morgan fingerprint density at radius 3 is 2.65 bits per heavy atom. The molecule has 0 saturated carbocycles. The Morgan fingerprint density at radius 2 is 1.96 bits per heavy atom. The van der Waals surface area contributed by atoms with Gasteiger partial charge in [0.25, 0.3) is 5.91 Å². The van der Waals surface area contributed by atoms with Gasteiger partial charge in [0.05, 0.1) is 5.69 Å². The maximum Gasteiger partial charge on any atom is 0.269 e. The summed E-state index contributed by atoms with van der Waals surface area (Å²) in [5, 5.41) is 9.98. The quantitative estimate of drug-likeness (QED) is 0.758. The molecular formula is C17H17N5O. The molecule has 3 aromatic rings. The molecule has 2 aromatic heterocycles. The van der Waals surface area contributed by atoms with E-state index < -0.39 is 0 Å². The fraction of sp³-hybridized carbons (Fsp3) is 0.118. The number of amides is 1. The van der Waals surface area contributed by atoms with Gasteiger partial charge in [-0.1, -0.05) is 18.2 Å². The van der Waals surface area contributed by atoms with Crippen molar-refractivity contribution in [3.05, 3.63) is 72.2 Å². The van der Waals surface area contributed by atoms with Gasteiger partial charge in [0.2, 0.25) is 0 Å². The molecule has 0 radical (unpaired) electrons. The summed E-state index contributed by atoms with van der Waals surface area (Å²) in [6, 6.07) is 15.3. The van der Waals surface area contributed by atoms with Crippen molar-refractivity contribution in [2.75, 3.05) is 12.4 Å². The fourth-order valence-corrected chi connectivity index (χ4v) is 2.17. The first-order valence-electron chi connectivity index (χ1n) is 7.28. The number of benzene rings is 1. The minimum Gasteiger partial charge on any atom is -0.366 e. The Morgan fingerprint density at radius 1 is 1.13 bits per heavy atom. The normalized spacial score (nSPS) is 10.3. The van der Waals surface area contributed by atoms with Crippen LogP contribution in [0.2, 0.25) is 0 Å². The molecule has 2 heterocycles. The van der Waals surface area contributed by atoms with Gasteiger partial charge < -0.3 is 10.6 Å². The van der Waals surface area contributed by atoms with E-state index in [9.17, 15) is 4.79 Å². The van der Waals surface area contributed by atoms with Crippen LogP contribution in [-0.2, 0) is 6.54 Å². The monoisotopic (exact) mass is 307 g/mol. The van der Waals surface area contributed by atoms with Crippen molar-refractivity contribution in [2.45, 2.75) is 6.54 Å². The molecule has 0 aliphatic heterocycles. The molecule has 0 bridgehead atoms. The highest BCUT2D eigenvalue weighted by molar-refractivity contribution is 5.92. The summed E-state index contributed by atoms with van der Waals surface area (Å²) >= 11 is 0. The van der Waals surface area contributed by atoms with Gasteiger partial charge in [-0.25, -0.2) is 9.67 Å². The average Bonchev–Trinajstić information content (AvgIpc) is 3.14. The summed E-state index contributed by atoms with van der Waals surface area (Å²) in [6.07, 6.45) is 3.65. The van der Waals surface area contributed by atoms with Gasteiger partial charge in [-0.05, 0) is 35.9 Å². The third-order valence-corrected chi connectivity index (χ3v) is 3.39. The minimum atomic E-state index is -0.197. The summed E-state index contributed by atoms with van der Waals surface area (Å²) in [5.41, 5.74) is 2.53. The first-order chi connectivity index (χ1) is 11.3. The zero-order valence-corrected chi connectivity index (χ0v) is 12.7. The molecule has 0 aliphatic carbocycles. The number of hydrogen-bond donors (Lipinski definition) is 2. The van der Waals surface area contributed by atoms with Crippen LogP contribution >= 0.6 is 0 Å². The van der Waals surface area contributed by atoms with Crippen molar-refractivity contribution >= 4 is 11.7 Å². The molecule has 0 saturated heterocycles. The van der Waals surface area contributed by atoms with Crippen LogP contribution in [0.1, 0.15) is 16.1 Å². The summed E-state index contributed by atoms with van der Waals surface area (Å²) in [7, 11) is 1.59. The standard InChI is InChI=1S/C17H17N5O/c1-18-17(23)15-4-2-5-16(21-15)19-12-13-6-8-14(9-7-13)22-11-3-10-20-22/h2-11H,12H2,1H3,(H,18,23)(H,19,21). The molecule has 1 aromatic carbocycles. The number of carbonyl (C=O) groups is 1. The van der Waals surface area contributed by atoms with Gasteiger partial charge in [0, 0.05) is 26.0 Å². The average molecular weight is 307 g/mol. The Balaban J connectivity index is 1.65. The highest BCUT2D eigenvalue weighted by Crippen LogP contribution is 2.11. The molecule has 0 atom stereocenters. The third kappa shape index (κ3) is 3.55. The molecule has 3 rings (SSSR count). The molecule has 1 amide bonds. The molecule has 23 heavy (non-hydrogen) atoms. The van der Waals surface area contributed by atoms with Crippen LogP contribution in [0, 0.1) is 0 Å². The number of anilines is 1. The minimum absolute atomic E-state index is 0.197. The second-order valence-electron chi connectivity index (χ2n) is 4.96. The summed E-state index contributed by atoms with van der Waals surface area (Å²) in [6.45, 7) is 0.629. The lowest BCUT2D eigenvalue weighted by Crippen LogP contribution is -2.19. The largest absolute Gasteiger partial charge is 0.366 e. The molecular weight excluding hydrogens is 290 g/mol. The van der Waals surface area contributed by atoms with Crippen molar-refractivity contribution in [1.29, 1.82) is 0 Å².